The normalized spacial score (nSPS) is 18.0. The van der Waals surface area contributed by atoms with Crippen LogP contribution >= 0.6 is 23.2 Å². The van der Waals surface area contributed by atoms with Crippen molar-refractivity contribution in [2.24, 2.45) is 0 Å². The Morgan fingerprint density at radius 1 is 0.982 bits per heavy atom. The molecule has 1 aliphatic carbocycles. The van der Waals surface area contributed by atoms with Crippen molar-refractivity contribution in [3.63, 3.8) is 0 Å². The van der Waals surface area contributed by atoms with Gasteiger partial charge in [-0.15, -0.1) is 0 Å². The van der Waals surface area contributed by atoms with Crippen LogP contribution in [0.2, 0.25) is 10.0 Å². The molecule has 0 N–H and O–H groups in total. The van der Waals surface area contributed by atoms with E-state index in [1.807, 2.05) is 49.9 Å². The Morgan fingerprint density at radius 2 is 1.73 bits per heavy atom. The first-order valence-electron chi connectivity index (χ1n) is 19.0. The molecule has 2 atom stereocenters. The zero-order valence-corrected chi connectivity index (χ0v) is 33.4. The molecule has 296 valence electrons. The van der Waals surface area contributed by atoms with Gasteiger partial charge in [-0.25, -0.2) is 13.6 Å². The van der Waals surface area contributed by atoms with Gasteiger partial charge in [0.1, 0.15) is 35.3 Å². The number of rotatable bonds is 13. The molecule has 2 unspecified atom stereocenters. The molecule has 2 aliphatic heterocycles. The Balaban J connectivity index is 1.16. The van der Waals surface area contributed by atoms with Gasteiger partial charge in [-0.1, -0.05) is 52.6 Å². The number of ether oxygens (including phenoxy) is 3. The molecule has 2 fully saturated rings. The van der Waals surface area contributed by atoms with Gasteiger partial charge in [-0.3, -0.25) is 9.69 Å². The lowest BCUT2D eigenvalue weighted by molar-refractivity contribution is -0.129. The Morgan fingerprint density at radius 3 is 2.45 bits per heavy atom. The Bertz CT molecular complexity index is 2130. The summed E-state index contributed by atoms with van der Waals surface area (Å²) in [6.07, 6.45) is 4.97. The fourth-order valence-electron chi connectivity index (χ4n) is 7.63. The summed E-state index contributed by atoms with van der Waals surface area (Å²) in [5, 5.41) is 4.09. The molecular weight excluding hydrogens is 763 g/mol. The maximum atomic E-state index is 15.0. The van der Waals surface area contributed by atoms with Crippen LogP contribution in [0.15, 0.2) is 70.8 Å². The zero-order chi connectivity index (χ0) is 39.7. The molecule has 3 heterocycles. The molecule has 4 aromatic rings. The third kappa shape index (κ3) is 8.75. The summed E-state index contributed by atoms with van der Waals surface area (Å²) in [5.74, 6) is -0.790. The minimum absolute atomic E-state index is 0.0329. The number of carbonyl (C=O) groups is 2. The minimum atomic E-state index is -0.767. The number of carbonyl (C=O) groups excluding carboxylic acids is 2. The van der Waals surface area contributed by atoms with E-state index in [0.717, 1.165) is 66.5 Å². The highest BCUT2D eigenvalue weighted by Crippen LogP contribution is 2.46. The topological polar surface area (TPSA) is 94.3 Å². The van der Waals surface area contributed by atoms with Crippen molar-refractivity contribution in [2.45, 2.75) is 103 Å². The van der Waals surface area contributed by atoms with Crippen LogP contribution in [0.1, 0.15) is 81.7 Å². The monoisotopic (exact) mass is 807 g/mol. The predicted octanol–water partition coefficient (Wildman–Crippen LogP) is 10.2. The smallest absolute Gasteiger partial charge is 0.411 e. The Labute approximate surface area is 335 Å². The summed E-state index contributed by atoms with van der Waals surface area (Å²) in [7, 11) is 1.69. The largest absolute Gasteiger partial charge is 0.486 e. The van der Waals surface area contributed by atoms with E-state index in [4.69, 9.17) is 41.9 Å². The van der Waals surface area contributed by atoms with Crippen molar-refractivity contribution < 1.29 is 37.1 Å². The van der Waals surface area contributed by atoms with E-state index >= 15 is 4.79 Å². The Kier molecular flexibility index (Phi) is 11.8. The van der Waals surface area contributed by atoms with Crippen LogP contribution in [0.3, 0.4) is 0 Å². The molecule has 0 spiro atoms. The first-order chi connectivity index (χ1) is 26.8. The number of benzene rings is 3. The molecule has 2 amide bonds. The Hall–Kier alpha value is -4.45. The summed E-state index contributed by atoms with van der Waals surface area (Å²) >= 11 is 12.8. The summed E-state index contributed by atoms with van der Waals surface area (Å²) < 4.78 is 50.9. The number of fused-ring (bicyclic) bond motifs is 2. The molecule has 2 bridgehead atoms. The van der Waals surface area contributed by atoms with E-state index in [9.17, 15) is 13.6 Å². The molecule has 7 rings (SSSR count). The highest BCUT2D eigenvalue weighted by atomic mass is 35.5. The van der Waals surface area contributed by atoms with Crippen molar-refractivity contribution in [2.75, 3.05) is 13.7 Å². The first-order valence-corrected chi connectivity index (χ1v) is 19.7. The summed E-state index contributed by atoms with van der Waals surface area (Å²) in [4.78, 5) is 32.5. The summed E-state index contributed by atoms with van der Waals surface area (Å²) in [6.45, 7) is 6.51. The van der Waals surface area contributed by atoms with E-state index in [0.29, 0.717) is 42.3 Å². The molecular formula is C43H45Cl2F2N3O6. The molecule has 0 radical (unpaired) electrons. The summed E-state index contributed by atoms with van der Waals surface area (Å²) in [5.41, 5.74) is 3.55. The third-order valence-electron chi connectivity index (χ3n) is 10.4. The van der Waals surface area contributed by atoms with Crippen LogP contribution in [0.4, 0.5) is 13.6 Å². The van der Waals surface area contributed by atoms with Crippen LogP contribution in [0, 0.1) is 11.6 Å². The first kappa shape index (κ1) is 39.8. The highest BCUT2D eigenvalue weighted by Gasteiger charge is 2.49. The minimum Gasteiger partial charge on any atom is -0.486 e. The van der Waals surface area contributed by atoms with Crippen LogP contribution in [-0.4, -0.2) is 64.4 Å². The van der Waals surface area contributed by atoms with Crippen LogP contribution in [0.25, 0.3) is 16.8 Å². The molecule has 1 saturated carbocycles. The van der Waals surface area contributed by atoms with Gasteiger partial charge in [-0.2, -0.15) is 0 Å². The number of nitrogens with zero attached hydrogens (tertiary/aromatic N) is 3. The molecule has 3 aromatic carbocycles. The van der Waals surface area contributed by atoms with E-state index in [1.54, 1.807) is 24.1 Å². The van der Waals surface area contributed by atoms with Crippen molar-refractivity contribution in [1.82, 2.24) is 15.0 Å². The molecule has 3 aliphatic rings. The average molecular weight is 809 g/mol. The van der Waals surface area contributed by atoms with Crippen molar-refractivity contribution in [3.8, 4) is 17.0 Å². The second-order valence-corrected chi connectivity index (χ2v) is 16.4. The maximum Gasteiger partial charge on any atom is 0.411 e. The van der Waals surface area contributed by atoms with E-state index < -0.39 is 29.4 Å². The van der Waals surface area contributed by atoms with E-state index in [-0.39, 0.29) is 46.6 Å². The third-order valence-corrected chi connectivity index (χ3v) is 11.1. The van der Waals surface area contributed by atoms with Crippen molar-refractivity contribution >= 4 is 40.8 Å². The highest BCUT2D eigenvalue weighted by molar-refractivity contribution is 6.33. The van der Waals surface area contributed by atoms with Crippen LogP contribution < -0.4 is 4.74 Å². The van der Waals surface area contributed by atoms with Crippen LogP contribution in [0.5, 0.6) is 5.75 Å². The quantitative estimate of drug-likeness (QED) is 0.0981. The van der Waals surface area contributed by atoms with Crippen molar-refractivity contribution in [1.29, 1.82) is 0 Å². The fraction of sp³-hybridized carbons (Fsp3) is 0.419. The molecule has 1 aromatic heterocycles. The number of amides is 2. The molecule has 1 saturated heterocycles. The number of aryl methyl sites for hydroxylation is 1. The lowest BCUT2D eigenvalue weighted by Crippen LogP contribution is -2.50. The SMILES string of the molecule is COCCCc1ccc(Cl)c(CN(C(=O)C2=C(c3ccc(OCc4cc(-c5c(F)ccc(F)c5Cl)no4)cc3)CC3CCC2N3C(=O)OC(C)(C)C)C2CC2)c1. The van der Waals surface area contributed by atoms with Gasteiger partial charge in [0.05, 0.1) is 16.6 Å². The van der Waals surface area contributed by atoms with E-state index in [2.05, 4.69) is 11.2 Å². The number of aromatic nitrogens is 1. The number of methoxy groups -OCH3 is 1. The van der Waals surface area contributed by atoms with Gasteiger partial charge in [0.15, 0.2) is 5.76 Å². The van der Waals surface area contributed by atoms with Gasteiger partial charge in [0.2, 0.25) is 0 Å². The maximum absolute atomic E-state index is 15.0. The van der Waals surface area contributed by atoms with Gasteiger partial charge in [0, 0.05) is 49.0 Å². The van der Waals surface area contributed by atoms with Gasteiger partial charge >= 0.3 is 6.09 Å². The average Bonchev–Trinajstić information content (AvgIpc) is 3.81. The van der Waals surface area contributed by atoms with Crippen molar-refractivity contribution in [3.05, 3.63) is 110 Å². The predicted molar refractivity (Wildman–Crippen MR) is 209 cm³/mol. The molecule has 56 heavy (non-hydrogen) atoms. The van der Waals surface area contributed by atoms with Crippen LogP contribution in [-0.2, 0) is 33.8 Å². The fourth-order valence-corrected chi connectivity index (χ4v) is 8.06. The second kappa shape index (κ2) is 16.6. The lowest BCUT2D eigenvalue weighted by Gasteiger charge is -2.39. The standard InChI is InChI=1S/C43H45Cl2F2N3O6/c1-43(2,3)55-42(52)50-29-12-18-37(50)38(41(51)49(28-10-11-28)23-27-20-25(6-5-19-53-4)7-15-33(27)44)32(21-29)26-8-13-30(14-9-26)54-24-31-22-36(48-56-31)39-34(46)16-17-35(47)40(39)45/h7-9,13-17,20,22,28-29,37H,5-6,10-12,18-19,21,23-24H2,1-4H3. The number of hydrogen-bond acceptors (Lipinski definition) is 7. The molecule has 13 heteroatoms. The van der Waals surface area contributed by atoms with Gasteiger partial charge in [0.25, 0.3) is 5.91 Å². The van der Waals surface area contributed by atoms with E-state index in [1.165, 1.54) is 6.07 Å². The van der Waals surface area contributed by atoms with Gasteiger partial charge in [-0.05, 0) is 118 Å². The molecule has 9 nitrogen and oxygen atoms in total. The zero-order valence-electron chi connectivity index (χ0n) is 31.9. The lowest BCUT2D eigenvalue weighted by atomic mass is 9.87. The number of halogens is 4. The second-order valence-electron chi connectivity index (χ2n) is 15.6. The summed E-state index contributed by atoms with van der Waals surface area (Å²) in [6, 6.07) is 16.3. The number of hydrogen-bond donors (Lipinski definition) is 0. The van der Waals surface area contributed by atoms with Gasteiger partial charge < -0.3 is 23.6 Å².